The Balaban J connectivity index is 1.31. The number of halogens is 1. The first kappa shape index (κ1) is 19.5. The second-order valence-electron chi connectivity index (χ2n) is 6.52. The van der Waals surface area contributed by atoms with E-state index >= 15 is 0 Å². The Kier molecular flexibility index (Phi) is 5.93. The molecule has 0 aliphatic carbocycles. The van der Waals surface area contributed by atoms with Crippen LogP contribution in [0.15, 0.2) is 65.9 Å². The van der Waals surface area contributed by atoms with Crippen molar-refractivity contribution >= 4 is 5.96 Å². The van der Waals surface area contributed by atoms with Crippen molar-refractivity contribution in [2.24, 2.45) is 4.99 Å². The zero-order valence-corrected chi connectivity index (χ0v) is 16.4. The number of aliphatic imine (C=N–C) groups is 1. The van der Waals surface area contributed by atoms with Gasteiger partial charge in [0.15, 0.2) is 29.0 Å². The molecule has 0 bridgehead atoms. The Morgan fingerprint density at radius 3 is 2.57 bits per heavy atom. The van der Waals surface area contributed by atoms with Crippen LogP contribution in [-0.2, 0) is 13.1 Å². The van der Waals surface area contributed by atoms with Crippen LogP contribution in [0.2, 0.25) is 0 Å². The van der Waals surface area contributed by atoms with Gasteiger partial charge in [-0.25, -0.2) is 4.39 Å². The van der Waals surface area contributed by atoms with Crippen molar-refractivity contribution in [3.05, 3.63) is 77.9 Å². The summed E-state index contributed by atoms with van der Waals surface area (Å²) >= 11 is 0. The maximum absolute atomic E-state index is 14.4. The van der Waals surface area contributed by atoms with Crippen molar-refractivity contribution in [1.82, 2.24) is 15.6 Å². The molecule has 1 aliphatic heterocycles. The molecule has 0 fully saturated rings. The Labute approximate surface area is 173 Å². The zero-order valence-electron chi connectivity index (χ0n) is 16.4. The van der Waals surface area contributed by atoms with E-state index < -0.39 is 5.82 Å². The van der Waals surface area contributed by atoms with Gasteiger partial charge >= 0.3 is 0 Å². The third kappa shape index (κ3) is 4.78. The highest BCUT2D eigenvalue weighted by molar-refractivity contribution is 5.79. The summed E-state index contributed by atoms with van der Waals surface area (Å²) in [5, 5.41) is 6.39. The summed E-state index contributed by atoms with van der Waals surface area (Å²) in [5.74, 6) is 2.28. The molecule has 2 heterocycles. The number of benzene rings is 2. The van der Waals surface area contributed by atoms with Crippen LogP contribution in [0, 0.1) is 5.82 Å². The lowest BCUT2D eigenvalue weighted by Crippen LogP contribution is -2.36. The molecule has 0 atom stereocenters. The van der Waals surface area contributed by atoms with Gasteiger partial charge in [-0.3, -0.25) is 9.98 Å². The van der Waals surface area contributed by atoms with Crippen LogP contribution in [-0.4, -0.2) is 24.8 Å². The second kappa shape index (κ2) is 9.13. The van der Waals surface area contributed by atoms with E-state index in [4.69, 9.17) is 14.2 Å². The van der Waals surface area contributed by atoms with Crippen molar-refractivity contribution in [1.29, 1.82) is 0 Å². The number of nitrogens with zero attached hydrogens (tertiary/aromatic N) is 2. The van der Waals surface area contributed by atoms with Crippen molar-refractivity contribution in [2.45, 2.75) is 13.1 Å². The Morgan fingerprint density at radius 2 is 1.83 bits per heavy atom. The van der Waals surface area contributed by atoms with Crippen LogP contribution in [0.25, 0.3) is 0 Å². The van der Waals surface area contributed by atoms with E-state index in [2.05, 4.69) is 20.6 Å². The molecule has 0 radical (unpaired) electrons. The molecule has 0 saturated heterocycles. The lowest BCUT2D eigenvalue weighted by atomic mass is 10.2. The second-order valence-corrected chi connectivity index (χ2v) is 6.52. The van der Waals surface area contributed by atoms with Crippen LogP contribution in [0.3, 0.4) is 0 Å². The normalized spacial score (nSPS) is 12.5. The number of hydrogen-bond donors (Lipinski definition) is 2. The lowest BCUT2D eigenvalue weighted by Gasteiger charge is -2.13. The van der Waals surface area contributed by atoms with Gasteiger partial charge < -0.3 is 24.8 Å². The number of hydrogen-bond acceptors (Lipinski definition) is 5. The quantitative estimate of drug-likeness (QED) is 0.479. The van der Waals surface area contributed by atoms with Gasteiger partial charge in [0.25, 0.3) is 0 Å². The van der Waals surface area contributed by atoms with E-state index in [0.717, 1.165) is 22.6 Å². The third-order valence-corrected chi connectivity index (χ3v) is 4.44. The van der Waals surface area contributed by atoms with Crippen LogP contribution < -0.4 is 24.8 Å². The Bertz CT molecular complexity index is 1040. The molecule has 2 aromatic carbocycles. The summed E-state index contributed by atoms with van der Waals surface area (Å²) in [5.41, 5.74) is 1.79. The van der Waals surface area contributed by atoms with Gasteiger partial charge in [-0.1, -0.05) is 12.1 Å². The maximum atomic E-state index is 14.4. The van der Waals surface area contributed by atoms with E-state index in [9.17, 15) is 4.39 Å². The summed E-state index contributed by atoms with van der Waals surface area (Å²) in [6.45, 7) is 1.21. The molecular weight excluding hydrogens is 387 g/mol. The smallest absolute Gasteiger partial charge is 0.231 e. The van der Waals surface area contributed by atoms with Crippen LogP contribution in [0.1, 0.15) is 11.1 Å². The standard InChI is InChI=1S/C22H21FN4O3/c1-24-22(27-12-16-5-7-20-21(10-16)29-14-28-20)26-11-15-4-6-19(18(23)9-15)30-17-3-2-8-25-13-17/h2-10,13H,11-12,14H2,1H3,(H2,24,26,27). The number of ether oxygens (including phenoxy) is 3. The van der Waals surface area contributed by atoms with Gasteiger partial charge in [0.1, 0.15) is 5.75 Å². The van der Waals surface area contributed by atoms with E-state index in [1.54, 1.807) is 37.5 Å². The fraction of sp³-hybridized carbons (Fsp3) is 0.182. The number of guanidine groups is 1. The summed E-state index contributed by atoms with van der Waals surface area (Å²) in [6, 6.07) is 14.1. The third-order valence-electron chi connectivity index (χ3n) is 4.44. The van der Waals surface area contributed by atoms with E-state index in [1.165, 1.54) is 12.3 Å². The van der Waals surface area contributed by atoms with Crippen LogP contribution in [0.4, 0.5) is 4.39 Å². The van der Waals surface area contributed by atoms with Crippen molar-refractivity contribution < 1.29 is 18.6 Å². The summed E-state index contributed by atoms with van der Waals surface area (Å²) in [6.07, 6.45) is 3.16. The molecule has 0 saturated carbocycles. The molecule has 8 heteroatoms. The predicted octanol–water partition coefficient (Wildman–Crippen LogP) is 3.61. The fourth-order valence-electron chi connectivity index (χ4n) is 2.91. The zero-order chi connectivity index (χ0) is 20.8. The maximum Gasteiger partial charge on any atom is 0.231 e. The molecule has 30 heavy (non-hydrogen) atoms. The van der Waals surface area contributed by atoms with E-state index in [-0.39, 0.29) is 12.5 Å². The van der Waals surface area contributed by atoms with E-state index in [0.29, 0.717) is 24.8 Å². The van der Waals surface area contributed by atoms with E-state index in [1.807, 2.05) is 18.2 Å². The van der Waals surface area contributed by atoms with Gasteiger partial charge in [-0.15, -0.1) is 0 Å². The van der Waals surface area contributed by atoms with Gasteiger partial charge in [-0.2, -0.15) is 0 Å². The first-order valence-electron chi connectivity index (χ1n) is 9.40. The summed E-state index contributed by atoms with van der Waals surface area (Å²) in [7, 11) is 1.68. The first-order valence-corrected chi connectivity index (χ1v) is 9.40. The number of nitrogens with one attached hydrogen (secondary N) is 2. The minimum absolute atomic E-state index is 0.150. The topological polar surface area (TPSA) is 77.0 Å². The predicted molar refractivity (Wildman–Crippen MR) is 110 cm³/mol. The van der Waals surface area contributed by atoms with Gasteiger partial charge in [-0.05, 0) is 47.5 Å². The molecule has 2 N–H and O–H groups in total. The highest BCUT2D eigenvalue weighted by Gasteiger charge is 2.13. The number of aromatic nitrogens is 1. The average molecular weight is 408 g/mol. The van der Waals surface area contributed by atoms with Gasteiger partial charge in [0.05, 0.1) is 6.20 Å². The van der Waals surface area contributed by atoms with Crippen LogP contribution in [0.5, 0.6) is 23.0 Å². The van der Waals surface area contributed by atoms with Gasteiger partial charge in [0.2, 0.25) is 6.79 Å². The molecule has 0 amide bonds. The monoisotopic (exact) mass is 408 g/mol. The lowest BCUT2D eigenvalue weighted by molar-refractivity contribution is 0.174. The largest absolute Gasteiger partial charge is 0.454 e. The highest BCUT2D eigenvalue weighted by Crippen LogP contribution is 2.32. The molecule has 0 unspecified atom stereocenters. The fourth-order valence-corrected chi connectivity index (χ4v) is 2.91. The van der Waals surface area contributed by atoms with Gasteiger partial charge in [0, 0.05) is 26.3 Å². The minimum atomic E-state index is -0.443. The number of pyridine rings is 1. The Morgan fingerprint density at radius 1 is 1.07 bits per heavy atom. The van der Waals surface area contributed by atoms with Crippen LogP contribution >= 0.6 is 0 Å². The van der Waals surface area contributed by atoms with Crippen molar-refractivity contribution in [3.63, 3.8) is 0 Å². The van der Waals surface area contributed by atoms with Crippen molar-refractivity contribution in [3.8, 4) is 23.0 Å². The number of fused-ring (bicyclic) bond motifs is 1. The molecule has 7 nitrogen and oxygen atoms in total. The average Bonchev–Trinajstić information content (AvgIpc) is 3.24. The molecule has 1 aromatic heterocycles. The number of rotatable bonds is 6. The molecule has 1 aliphatic rings. The molecule has 3 aromatic rings. The Hall–Kier alpha value is -3.81. The first-order chi connectivity index (χ1) is 14.7. The molecular formula is C22H21FN4O3. The highest BCUT2D eigenvalue weighted by atomic mass is 19.1. The SMILES string of the molecule is CN=C(NCc1ccc(Oc2cccnc2)c(F)c1)NCc1ccc2c(c1)OCO2. The molecule has 0 spiro atoms. The van der Waals surface area contributed by atoms with Crippen molar-refractivity contribution in [2.75, 3.05) is 13.8 Å². The minimum Gasteiger partial charge on any atom is -0.454 e. The molecule has 4 rings (SSSR count). The summed E-state index contributed by atoms with van der Waals surface area (Å²) in [4.78, 5) is 8.15. The molecule has 154 valence electrons. The summed E-state index contributed by atoms with van der Waals surface area (Å²) < 4.78 is 30.6.